The molecule has 0 saturated heterocycles. The van der Waals surface area contributed by atoms with Crippen molar-refractivity contribution in [3.05, 3.63) is 47.5 Å². The summed E-state index contributed by atoms with van der Waals surface area (Å²) in [6.45, 7) is 22.6. The van der Waals surface area contributed by atoms with Gasteiger partial charge in [0.2, 0.25) is 5.91 Å². The first kappa shape index (κ1) is 38.6. The van der Waals surface area contributed by atoms with Crippen molar-refractivity contribution in [1.82, 2.24) is 5.32 Å². The third kappa shape index (κ3) is 6.05. The van der Waals surface area contributed by atoms with Crippen LogP contribution in [0.4, 0.5) is 0 Å². The molecular weight excluding hydrogens is 659 g/mol. The first-order chi connectivity index (χ1) is 24.8. The zero-order valence-corrected chi connectivity index (χ0v) is 34.2. The number of hydrogen-bond donors (Lipinski definition) is 2. The number of ether oxygens (including phenoxy) is 1. The minimum absolute atomic E-state index is 0.0372. The molecule has 1 aromatic carbocycles. The van der Waals surface area contributed by atoms with Gasteiger partial charge in [-0.15, -0.1) is 0 Å². The Morgan fingerprint density at radius 1 is 0.887 bits per heavy atom. The highest BCUT2D eigenvalue weighted by Crippen LogP contribution is 2.78. The van der Waals surface area contributed by atoms with Crippen LogP contribution in [0.2, 0.25) is 0 Å². The van der Waals surface area contributed by atoms with Crippen LogP contribution in [-0.4, -0.2) is 29.1 Å². The van der Waals surface area contributed by atoms with Crippen LogP contribution in [0.15, 0.2) is 36.4 Å². The van der Waals surface area contributed by atoms with E-state index >= 15 is 0 Å². The lowest BCUT2D eigenvalue weighted by Gasteiger charge is -2.73. The van der Waals surface area contributed by atoms with Gasteiger partial charge in [-0.25, -0.2) is 0 Å². The molecule has 7 rings (SSSR count). The second-order valence-corrected chi connectivity index (χ2v) is 21.1. The molecule has 6 aliphatic rings. The maximum absolute atomic E-state index is 14.2. The van der Waals surface area contributed by atoms with E-state index in [4.69, 9.17) is 4.74 Å². The number of rotatable bonds is 8. The number of carboxylic acids is 1. The fourth-order valence-electron chi connectivity index (χ4n) is 14.9. The van der Waals surface area contributed by atoms with Gasteiger partial charge in [-0.1, -0.05) is 71.0 Å². The van der Waals surface area contributed by atoms with E-state index in [1.165, 1.54) is 42.4 Å². The van der Waals surface area contributed by atoms with E-state index in [2.05, 4.69) is 77.7 Å². The summed E-state index contributed by atoms with van der Waals surface area (Å²) in [5.41, 5.74) is 3.24. The lowest BCUT2D eigenvalue weighted by atomic mass is 9.32. The normalized spacial score (nSPS) is 41.4. The third-order valence-electron chi connectivity index (χ3n) is 17.8. The van der Waals surface area contributed by atoms with E-state index < -0.39 is 11.4 Å². The molecule has 0 heterocycles. The van der Waals surface area contributed by atoms with Gasteiger partial charge in [0, 0.05) is 11.8 Å². The highest BCUT2D eigenvalue weighted by Gasteiger charge is 2.71. The molecule has 6 aliphatic carbocycles. The van der Waals surface area contributed by atoms with E-state index in [9.17, 15) is 19.5 Å². The minimum Gasteiger partial charge on any atom is -0.481 e. The van der Waals surface area contributed by atoms with Gasteiger partial charge in [-0.05, 0) is 167 Å². The van der Waals surface area contributed by atoms with Crippen molar-refractivity contribution in [1.29, 1.82) is 0 Å². The van der Waals surface area contributed by atoms with Crippen LogP contribution >= 0.6 is 0 Å². The van der Waals surface area contributed by atoms with Gasteiger partial charge in [0.25, 0.3) is 0 Å². The summed E-state index contributed by atoms with van der Waals surface area (Å²) >= 11 is 0. The Morgan fingerprint density at radius 2 is 1.62 bits per heavy atom. The highest BCUT2D eigenvalue weighted by molar-refractivity contribution is 5.81. The van der Waals surface area contributed by atoms with Crippen LogP contribution in [-0.2, 0) is 25.5 Å². The average molecular weight is 728 g/mol. The number of hydrogen-bond acceptors (Lipinski definition) is 4. The van der Waals surface area contributed by atoms with E-state index in [0.717, 1.165) is 57.8 Å². The molecule has 0 aromatic heterocycles. The van der Waals surface area contributed by atoms with Crippen molar-refractivity contribution >= 4 is 17.8 Å². The Hall–Kier alpha value is -2.63. The van der Waals surface area contributed by atoms with Crippen molar-refractivity contribution < 1.29 is 24.2 Å². The van der Waals surface area contributed by atoms with Crippen molar-refractivity contribution in [3.63, 3.8) is 0 Å². The summed E-state index contributed by atoms with van der Waals surface area (Å²) in [5.74, 6) is 1.45. The number of fused-ring (bicyclic) bond motifs is 8. The molecule has 0 spiro atoms. The molecule has 1 aromatic rings. The second-order valence-electron chi connectivity index (χ2n) is 21.1. The Bertz CT molecular complexity index is 1640. The molecule has 1 amide bonds. The molecule has 0 bridgehead atoms. The van der Waals surface area contributed by atoms with Crippen LogP contribution in [0.25, 0.3) is 0 Å². The number of aryl methyl sites for hydroxylation is 1. The van der Waals surface area contributed by atoms with Gasteiger partial charge in [0.1, 0.15) is 6.10 Å². The Kier molecular flexibility index (Phi) is 9.66. The molecule has 6 nitrogen and oxygen atoms in total. The molecule has 0 radical (unpaired) electrons. The van der Waals surface area contributed by atoms with Gasteiger partial charge in [0.15, 0.2) is 0 Å². The fourth-order valence-corrected chi connectivity index (χ4v) is 14.9. The Balaban J connectivity index is 1.12. The molecule has 53 heavy (non-hydrogen) atoms. The summed E-state index contributed by atoms with van der Waals surface area (Å²) < 4.78 is 6.20. The van der Waals surface area contributed by atoms with Gasteiger partial charge in [0.05, 0.1) is 17.9 Å². The maximum atomic E-state index is 14.2. The predicted octanol–water partition coefficient (Wildman–Crippen LogP) is 10.6. The lowest BCUT2D eigenvalue weighted by Crippen LogP contribution is -2.67. The van der Waals surface area contributed by atoms with Crippen molar-refractivity contribution in [2.75, 3.05) is 0 Å². The lowest BCUT2D eigenvalue weighted by molar-refractivity contribution is -0.250. The monoisotopic (exact) mass is 728 g/mol. The largest absolute Gasteiger partial charge is 0.481 e. The van der Waals surface area contributed by atoms with E-state index in [0.29, 0.717) is 36.0 Å². The van der Waals surface area contributed by atoms with Gasteiger partial charge in [-0.2, -0.15) is 0 Å². The van der Waals surface area contributed by atoms with Crippen LogP contribution in [0, 0.1) is 62.1 Å². The predicted molar refractivity (Wildman–Crippen MR) is 210 cm³/mol. The first-order valence-corrected chi connectivity index (χ1v) is 21.2. The molecule has 0 aliphatic heterocycles. The van der Waals surface area contributed by atoms with Gasteiger partial charge in [-0.3, -0.25) is 14.4 Å². The number of aliphatic carboxylic acids is 1. The fraction of sp³-hybridized carbons (Fsp3) is 0.766. The molecule has 2 N–H and O–H groups in total. The average Bonchev–Trinajstić information content (AvgIpc) is 3.46. The van der Waals surface area contributed by atoms with Crippen molar-refractivity contribution in [2.45, 2.75) is 164 Å². The number of esters is 1. The first-order valence-electron chi connectivity index (χ1n) is 21.2. The SMILES string of the molecule is C=C(C)[C@@H]1CC[C@]2(CC(=O)NC3CCCc4ccccc43)CC[C@]3(C)[C@H](CC[C@@H]4[C@@]5(C)CC[C@H](OC(=O)CC(C)(C)C(=O)O)C(C)(C)[C@@H]5CC[C@]43C)[C@@H]12. The molecular formula is C47H69NO5. The maximum Gasteiger partial charge on any atom is 0.309 e. The number of allylic oxidation sites excluding steroid dienone is 1. The summed E-state index contributed by atoms with van der Waals surface area (Å²) in [6.07, 6.45) is 14.8. The number of carbonyl (C=O) groups excluding carboxylic acids is 2. The molecule has 1 unspecified atom stereocenters. The topological polar surface area (TPSA) is 92.7 Å². The number of nitrogens with one attached hydrogen (secondary N) is 1. The number of carbonyl (C=O) groups is 3. The molecule has 5 saturated carbocycles. The van der Waals surface area contributed by atoms with Crippen LogP contribution in [0.5, 0.6) is 0 Å². The van der Waals surface area contributed by atoms with Gasteiger partial charge >= 0.3 is 11.9 Å². The van der Waals surface area contributed by atoms with E-state index in [-0.39, 0.29) is 57.5 Å². The summed E-state index contributed by atoms with van der Waals surface area (Å²) in [5, 5.41) is 13.2. The Morgan fingerprint density at radius 3 is 2.34 bits per heavy atom. The highest BCUT2D eigenvalue weighted by atomic mass is 16.5. The number of amides is 1. The third-order valence-corrected chi connectivity index (χ3v) is 17.8. The molecule has 5 fully saturated rings. The van der Waals surface area contributed by atoms with Gasteiger partial charge < -0.3 is 15.2 Å². The summed E-state index contributed by atoms with van der Waals surface area (Å²) in [6, 6.07) is 8.82. The van der Waals surface area contributed by atoms with Crippen molar-refractivity contribution in [3.8, 4) is 0 Å². The molecule has 6 heteroatoms. The van der Waals surface area contributed by atoms with Crippen LogP contribution in [0.1, 0.15) is 162 Å². The second kappa shape index (κ2) is 13.2. The smallest absolute Gasteiger partial charge is 0.309 e. The summed E-state index contributed by atoms with van der Waals surface area (Å²) in [4.78, 5) is 39.1. The van der Waals surface area contributed by atoms with E-state index in [1.807, 2.05) is 0 Å². The Labute approximate surface area is 320 Å². The standard InChI is InChI=1S/C47H69NO5/c1-29(2)31-19-24-47(27-38(49)48-34-16-12-14-30-13-10-11-15-32(30)34)26-25-45(8)33(40(31)47)17-18-36-44(7)22-21-37(53-39(50)28-42(3,4)41(51)52)43(5,6)35(44)20-23-46(36,45)9/h10-11,13,15,31,33-37,40H,1,12,14,16-28H2,2-9H3,(H,48,49)(H,51,52)/t31-,33+,34?,35-,36+,37-,40+,44-,45+,46+,47+/m0/s1. The van der Waals surface area contributed by atoms with Crippen molar-refractivity contribution in [2.24, 2.45) is 62.1 Å². The molecule has 292 valence electrons. The number of benzene rings is 1. The zero-order chi connectivity index (χ0) is 38.4. The van der Waals surface area contributed by atoms with Crippen LogP contribution < -0.4 is 5.32 Å². The van der Waals surface area contributed by atoms with E-state index in [1.54, 1.807) is 13.8 Å². The zero-order valence-electron chi connectivity index (χ0n) is 34.2. The quantitative estimate of drug-likeness (QED) is 0.205. The molecule has 11 atom stereocenters. The van der Waals surface area contributed by atoms with Crippen LogP contribution in [0.3, 0.4) is 0 Å². The number of carboxylic acid groups (broad SMARTS) is 1. The minimum atomic E-state index is -1.14. The summed E-state index contributed by atoms with van der Waals surface area (Å²) in [7, 11) is 0.